The van der Waals surface area contributed by atoms with E-state index in [4.69, 9.17) is 16.3 Å². The molecule has 2 fully saturated rings. The van der Waals surface area contributed by atoms with Gasteiger partial charge < -0.3 is 15.2 Å². The van der Waals surface area contributed by atoms with E-state index in [0.717, 1.165) is 12.7 Å². The first-order valence-corrected chi connectivity index (χ1v) is 9.41. The van der Waals surface area contributed by atoms with Gasteiger partial charge in [-0.05, 0) is 24.6 Å². The fourth-order valence-corrected chi connectivity index (χ4v) is 4.16. The van der Waals surface area contributed by atoms with Crippen LogP contribution in [0.1, 0.15) is 16.8 Å². The third kappa shape index (κ3) is 3.30. The molecule has 1 saturated carbocycles. The maximum Gasteiger partial charge on any atom is 0.255 e. The molecule has 1 aliphatic carbocycles. The van der Waals surface area contributed by atoms with Crippen LogP contribution in [0.15, 0.2) is 18.2 Å². The molecule has 1 heterocycles. The van der Waals surface area contributed by atoms with Crippen molar-refractivity contribution >= 4 is 27.5 Å². The standard InChI is InChI=1S/C14H17ClN2O5S/c1-23(20,21)17-12-11(8-4-5-22-13(8)12)16-14(19)9-6-7(15)2-3-10(9)18/h2-3,6,8,11-13,17-18H,4-5H2,1H3,(H,16,19)/t8-,11+,12-,13-/m1/s1. The zero-order chi connectivity index (χ0) is 16.8. The molecule has 3 N–H and O–H groups in total. The number of fused-ring (bicyclic) bond motifs is 1. The molecule has 7 nitrogen and oxygen atoms in total. The molecule has 23 heavy (non-hydrogen) atoms. The lowest BCUT2D eigenvalue weighted by Gasteiger charge is -2.47. The van der Waals surface area contributed by atoms with Crippen LogP contribution in [-0.2, 0) is 14.8 Å². The van der Waals surface area contributed by atoms with Crippen molar-refractivity contribution in [2.45, 2.75) is 24.6 Å². The Kier molecular flexibility index (Phi) is 4.26. The van der Waals surface area contributed by atoms with E-state index in [1.54, 1.807) is 0 Å². The molecule has 0 spiro atoms. The molecule has 1 aromatic rings. The maximum absolute atomic E-state index is 12.4. The second-order valence-corrected chi connectivity index (χ2v) is 8.08. The zero-order valence-corrected chi connectivity index (χ0v) is 13.9. The van der Waals surface area contributed by atoms with E-state index in [1.807, 2.05) is 0 Å². The number of benzene rings is 1. The second-order valence-electron chi connectivity index (χ2n) is 5.86. The van der Waals surface area contributed by atoms with E-state index in [9.17, 15) is 18.3 Å². The van der Waals surface area contributed by atoms with Gasteiger partial charge in [0.25, 0.3) is 5.91 Å². The van der Waals surface area contributed by atoms with Gasteiger partial charge in [0, 0.05) is 17.5 Å². The van der Waals surface area contributed by atoms with Crippen LogP contribution in [0.5, 0.6) is 5.75 Å². The van der Waals surface area contributed by atoms with E-state index in [2.05, 4.69) is 10.0 Å². The smallest absolute Gasteiger partial charge is 0.255 e. The Morgan fingerprint density at radius 3 is 2.83 bits per heavy atom. The summed E-state index contributed by atoms with van der Waals surface area (Å²) in [5.74, 6) is -0.627. The molecule has 2 aliphatic rings. The van der Waals surface area contributed by atoms with Crippen LogP contribution in [0.2, 0.25) is 5.02 Å². The first-order chi connectivity index (χ1) is 10.8. The van der Waals surface area contributed by atoms with Crippen LogP contribution in [0.4, 0.5) is 0 Å². The number of hydrogen-bond donors (Lipinski definition) is 3. The van der Waals surface area contributed by atoms with Crippen molar-refractivity contribution in [1.29, 1.82) is 0 Å². The Bertz CT molecular complexity index is 739. The van der Waals surface area contributed by atoms with Gasteiger partial charge in [-0.1, -0.05) is 11.6 Å². The first kappa shape index (κ1) is 16.5. The number of nitrogens with one attached hydrogen (secondary N) is 2. The summed E-state index contributed by atoms with van der Waals surface area (Å²) >= 11 is 5.85. The van der Waals surface area contributed by atoms with Gasteiger partial charge in [-0.25, -0.2) is 13.1 Å². The van der Waals surface area contributed by atoms with Gasteiger partial charge in [-0.2, -0.15) is 0 Å². The van der Waals surface area contributed by atoms with Gasteiger partial charge in [0.05, 0.1) is 30.0 Å². The predicted molar refractivity (Wildman–Crippen MR) is 84.0 cm³/mol. The van der Waals surface area contributed by atoms with E-state index in [0.29, 0.717) is 11.6 Å². The molecule has 1 aliphatic heterocycles. The second kappa shape index (κ2) is 5.94. The quantitative estimate of drug-likeness (QED) is 0.724. The topological polar surface area (TPSA) is 105 Å². The van der Waals surface area contributed by atoms with Crippen molar-refractivity contribution in [3.63, 3.8) is 0 Å². The van der Waals surface area contributed by atoms with Crippen molar-refractivity contribution in [3.05, 3.63) is 28.8 Å². The van der Waals surface area contributed by atoms with Crippen molar-refractivity contribution < 1.29 is 23.1 Å². The molecule has 9 heteroatoms. The van der Waals surface area contributed by atoms with E-state index < -0.39 is 22.0 Å². The highest BCUT2D eigenvalue weighted by atomic mass is 35.5. The number of halogens is 1. The summed E-state index contributed by atoms with van der Waals surface area (Å²) in [6.07, 6.45) is 1.58. The number of carbonyl (C=O) groups is 1. The van der Waals surface area contributed by atoms with Gasteiger partial charge in [0.1, 0.15) is 5.75 Å². The lowest BCUT2D eigenvalue weighted by molar-refractivity contribution is -0.0194. The average molecular weight is 361 g/mol. The number of ether oxygens (including phenoxy) is 1. The minimum atomic E-state index is -3.42. The van der Waals surface area contributed by atoms with Crippen molar-refractivity contribution in [2.24, 2.45) is 5.92 Å². The fourth-order valence-electron chi connectivity index (χ4n) is 3.21. The summed E-state index contributed by atoms with van der Waals surface area (Å²) in [5.41, 5.74) is 0.0537. The first-order valence-electron chi connectivity index (χ1n) is 7.14. The van der Waals surface area contributed by atoms with E-state index in [1.165, 1.54) is 18.2 Å². The molecule has 1 aromatic carbocycles. The lowest BCUT2D eigenvalue weighted by atomic mass is 9.72. The summed E-state index contributed by atoms with van der Waals surface area (Å²) in [6, 6.07) is 3.29. The van der Waals surface area contributed by atoms with Crippen LogP contribution >= 0.6 is 11.6 Å². The molecule has 3 rings (SSSR count). The third-order valence-corrected chi connectivity index (χ3v) is 5.17. The Morgan fingerprint density at radius 1 is 1.39 bits per heavy atom. The van der Waals surface area contributed by atoms with Crippen LogP contribution in [0, 0.1) is 5.92 Å². The molecule has 0 radical (unpaired) electrons. The van der Waals surface area contributed by atoms with Gasteiger partial charge in [-0.3, -0.25) is 4.79 Å². The number of rotatable bonds is 4. The van der Waals surface area contributed by atoms with Gasteiger partial charge in [-0.15, -0.1) is 0 Å². The Labute approximate surface area is 139 Å². The van der Waals surface area contributed by atoms with Crippen LogP contribution in [0.25, 0.3) is 0 Å². The van der Waals surface area contributed by atoms with Crippen LogP contribution < -0.4 is 10.0 Å². The minimum Gasteiger partial charge on any atom is -0.507 e. The monoisotopic (exact) mass is 360 g/mol. The van der Waals surface area contributed by atoms with Crippen molar-refractivity contribution in [2.75, 3.05) is 12.9 Å². The number of aromatic hydroxyl groups is 1. The molecular formula is C14H17ClN2O5S. The average Bonchev–Trinajstić information content (AvgIpc) is 2.88. The fraction of sp³-hybridized carbons (Fsp3) is 0.500. The number of sulfonamides is 1. The summed E-state index contributed by atoms with van der Waals surface area (Å²) in [4.78, 5) is 12.4. The number of amides is 1. The molecule has 1 saturated heterocycles. The minimum absolute atomic E-state index is 0.0537. The molecule has 0 aromatic heterocycles. The predicted octanol–water partition coefficient (Wildman–Crippen LogP) is 0.481. The lowest BCUT2D eigenvalue weighted by Crippen LogP contribution is -2.70. The molecular weight excluding hydrogens is 344 g/mol. The third-order valence-electron chi connectivity index (χ3n) is 4.24. The zero-order valence-electron chi connectivity index (χ0n) is 12.3. The number of hydrogen-bond acceptors (Lipinski definition) is 5. The summed E-state index contributed by atoms with van der Waals surface area (Å²) < 4.78 is 31.0. The Morgan fingerprint density at radius 2 is 2.13 bits per heavy atom. The normalized spacial score (nSPS) is 29.7. The maximum atomic E-state index is 12.4. The molecule has 0 bridgehead atoms. The SMILES string of the molecule is CS(=O)(=O)N[C@@H]1[C@@H](NC(=O)c2cc(Cl)ccc2O)[C@H]2CCO[C@H]21. The number of carbonyl (C=O) groups excluding carboxylic acids is 1. The number of phenolic OH excluding ortho intramolecular Hbond substituents is 1. The Balaban J connectivity index is 1.77. The van der Waals surface area contributed by atoms with Crippen LogP contribution in [0.3, 0.4) is 0 Å². The Hall–Kier alpha value is -1.35. The van der Waals surface area contributed by atoms with Crippen molar-refractivity contribution in [3.8, 4) is 5.75 Å². The van der Waals surface area contributed by atoms with E-state index >= 15 is 0 Å². The van der Waals surface area contributed by atoms with Gasteiger partial charge in [0.15, 0.2) is 0 Å². The molecule has 126 valence electrons. The van der Waals surface area contributed by atoms with Gasteiger partial charge in [0.2, 0.25) is 10.0 Å². The van der Waals surface area contributed by atoms with Gasteiger partial charge >= 0.3 is 0 Å². The summed E-state index contributed by atoms with van der Waals surface area (Å²) in [7, 11) is -3.42. The number of phenols is 1. The molecule has 1 amide bonds. The summed E-state index contributed by atoms with van der Waals surface area (Å²) in [6.45, 7) is 0.534. The largest absolute Gasteiger partial charge is 0.507 e. The molecule has 0 unspecified atom stereocenters. The van der Waals surface area contributed by atoms with Crippen molar-refractivity contribution in [1.82, 2.24) is 10.0 Å². The van der Waals surface area contributed by atoms with Crippen LogP contribution in [-0.4, -0.2) is 50.5 Å². The highest BCUT2D eigenvalue weighted by molar-refractivity contribution is 7.88. The van der Waals surface area contributed by atoms with E-state index in [-0.39, 0.29) is 29.4 Å². The highest BCUT2D eigenvalue weighted by Crippen LogP contribution is 2.39. The molecule has 4 atom stereocenters. The summed E-state index contributed by atoms with van der Waals surface area (Å²) in [5, 5.41) is 12.9. The highest BCUT2D eigenvalue weighted by Gasteiger charge is 2.55.